The number of hydrogen-bond acceptors (Lipinski definition) is 4. The molecular weight excluding hydrogens is 325 g/mol. The number of alkyl halides is 3. The van der Waals surface area contributed by atoms with E-state index < -0.39 is 39.2 Å². The van der Waals surface area contributed by atoms with Crippen molar-refractivity contribution in [2.24, 2.45) is 5.73 Å². The van der Waals surface area contributed by atoms with E-state index in [2.05, 4.69) is 10.6 Å². The topological polar surface area (TPSA) is 98.5 Å². The van der Waals surface area contributed by atoms with Gasteiger partial charge in [0.15, 0.2) is 0 Å². The number of amides is 1. The van der Waals surface area contributed by atoms with Crippen molar-refractivity contribution in [1.82, 2.24) is 4.89 Å². The summed E-state index contributed by atoms with van der Waals surface area (Å²) in [6, 6.07) is 2.10. The molecule has 0 radical (unpaired) electrons. The summed E-state index contributed by atoms with van der Waals surface area (Å²) < 4.78 is 61.6. The van der Waals surface area contributed by atoms with E-state index in [0.29, 0.717) is 12.1 Å². The first-order chi connectivity index (χ1) is 9.04. The van der Waals surface area contributed by atoms with Crippen LogP contribution < -0.4 is 10.6 Å². The minimum Gasteiger partial charge on any atom is -0.368 e. The van der Waals surface area contributed by atoms with Gasteiger partial charge in [-0.15, -0.1) is 0 Å². The van der Waals surface area contributed by atoms with E-state index in [1.54, 1.807) is 0 Å². The average molecular weight is 333 g/mol. The fourth-order valence-electron chi connectivity index (χ4n) is 1.18. The van der Waals surface area contributed by atoms with Crippen molar-refractivity contribution < 1.29 is 31.2 Å². The van der Waals surface area contributed by atoms with Crippen LogP contribution in [0.5, 0.6) is 0 Å². The van der Waals surface area contributed by atoms with Crippen LogP contribution in [0.25, 0.3) is 0 Å². The van der Waals surface area contributed by atoms with E-state index >= 15 is 0 Å². The summed E-state index contributed by atoms with van der Waals surface area (Å²) in [5.41, 5.74) is 3.23. The lowest BCUT2D eigenvalue weighted by molar-refractivity contribution is -0.140. The van der Waals surface area contributed by atoms with Gasteiger partial charge in [0, 0.05) is 5.02 Å². The number of halogens is 4. The van der Waals surface area contributed by atoms with Crippen LogP contribution in [-0.2, 0) is 25.8 Å². The number of hydrogen-bond donors (Lipinski definition) is 2. The van der Waals surface area contributed by atoms with E-state index in [1.807, 2.05) is 0 Å². The summed E-state index contributed by atoms with van der Waals surface area (Å²) in [6.07, 6.45) is -4.93. The van der Waals surface area contributed by atoms with Gasteiger partial charge in [-0.2, -0.15) is 13.2 Å². The Morgan fingerprint density at radius 3 is 2.50 bits per heavy atom. The Morgan fingerprint density at radius 1 is 1.40 bits per heavy atom. The van der Waals surface area contributed by atoms with Crippen LogP contribution in [0.2, 0.25) is 5.02 Å². The number of carbonyl (C=O) groups is 1. The Hall–Kier alpha value is -1.36. The molecule has 0 bridgehead atoms. The lowest BCUT2D eigenvalue weighted by Crippen LogP contribution is -2.30. The molecule has 0 spiro atoms. The highest BCUT2D eigenvalue weighted by atomic mass is 35.5. The number of nitrogens with one attached hydrogen (secondary N) is 1. The molecular formula is C9H8ClF3N2O4S. The molecule has 6 nitrogen and oxygen atoms in total. The second-order valence-corrected chi connectivity index (χ2v) is 5.53. The van der Waals surface area contributed by atoms with Crippen molar-refractivity contribution in [1.29, 1.82) is 0 Å². The van der Waals surface area contributed by atoms with E-state index in [1.165, 1.54) is 4.89 Å². The normalized spacial score (nSPS) is 12.4. The maximum Gasteiger partial charge on any atom is 0.417 e. The average Bonchev–Trinajstić information content (AvgIpc) is 2.26. The van der Waals surface area contributed by atoms with Gasteiger partial charge in [0.25, 0.3) is 10.0 Å². The summed E-state index contributed by atoms with van der Waals surface area (Å²) in [5.74, 6) is -1.00. The zero-order chi connectivity index (χ0) is 15.6. The molecule has 0 saturated carbocycles. The number of carbonyl (C=O) groups excluding carboxylic acids is 1. The van der Waals surface area contributed by atoms with Crippen molar-refractivity contribution in [3.05, 3.63) is 28.8 Å². The molecule has 0 unspecified atom stereocenters. The third kappa shape index (κ3) is 4.34. The number of nitrogens with two attached hydrogens (primary N) is 1. The first kappa shape index (κ1) is 16.7. The Balaban J connectivity index is 3.15. The highest BCUT2D eigenvalue weighted by Crippen LogP contribution is 2.35. The molecule has 0 aliphatic heterocycles. The van der Waals surface area contributed by atoms with Gasteiger partial charge in [-0.3, -0.25) is 9.63 Å². The molecule has 0 aliphatic rings. The van der Waals surface area contributed by atoms with Gasteiger partial charge in [0.1, 0.15) is 6.61 Å². The molecule has 20 heavy (non-hydrogen) atoms. The molecule has 11 heteroatoms. The first-order valence-electron chi connectivity index (χ1n) is 4.82. The quantitative estimate of drug-likeness (QED) is 0.787. The second-order valence-electron chi connectivity index (χ2n) is 3.48. The van der Waals surface area contributed by atoms with Gasteiger partial charge in [-0.25, -0.2) is 8.42 Å². The van der Waals surface area contributed by atoms with Crippen molar-refractivity contribution in [3.8, 4) is 0 Å². The van der Waals surface area contributed by atoms with Crippen LogP contribution >= 0.6 is 11.6 Å². The van der Waals surface area contributed by atoms with Gasteiger partial charge in [0.2, 0.25) is 5.91 Å². The van der Waals surface area contributed by atoms with Crippen LogP contribution in [0.3, 0.4) is 0 Å². The molecule has 0 heterocycles. The summed E-state index contributed by atoms with van der Waals surface area (Å²) in [6.45, 7) is -0.825. The van der Waals surface area contributed by atoms with Gasteiger partial charge >= 0.3 is 6.18 Å². The van der Waals surface area contributed by atoms with Gasteiger partial charge in [-0.05, 0) is 18.2 Å². The van der Waals surface area contributed by atoms with Crippen molar-refractivity contribution in [2.75, 3.05) is 6.61 Å². The molecule has 0 aromatic heterocycles. The van der Waals surface area contributed by atoms with E-state index in [4.69, 9.17) is 11.6 Å². The Kier molecular flexibility index (Phi) is 4.97. The third-order valence-corrected chi connectivity index (χ3v) is 3.43. The Morgan fingerprint density at radius 2 is 2.00 bits per heavy atom. The summed E-state index contributed by atoms with van der Waals surface area (Å²) in [4.78, 5) is 14.8. The third-order valence-electron chi connectivity index (χ3n) is 1.92. The molecule has 0 fully saturated rings. The maximum atomic E-state index is 12.7. The second kappa shape index (κ2) is 5.95. The van der Waals surface area contributed by atoms with E-state index in [9.17, 15) is 26.4 Å². The van der Waals surface area contributed by atoms with E-state index in [0.717, 1.165) is 6.07 Å². The summed E-state index contributed by atoms with van der Waals surface area (Å²) in [7, 11) is -4.65. The van der Waals surface area contributed by atoms with Crippen LogP contribution in [0.4, 0.5) is 13.2 Å². The highest BCUT2D eigenvalue weighted by molar-refractivity contribution is 7.89. The molecule has 1 aromatic carbocycles. The number of sulfonamides is 1. The van der Waals surface area contributed by atoms with Crippen LogP contribution in [0.15, 0.2) is 23.1 Å². The first-order valence-corrected chi connectivity index (χ1v) is 6.69. The van der Waals surface area contributed by atoms with Gasteiger partial charge in [-0.1, -0.05) is 16.5 Å². The van der Waals surface area contributed by atoms with Crippen LogP contribution in [-0.4, -0.2) is 20.9 Å². The predicted molar refractivity (Wildman–Crippen MR) is 61.9 cm³/mol. The molecule has 1 rings (SSSR count). The summed E-state index contributed by atoms with van der Waals surface area (Å²) >= 11 is 5.41. The zero-order valence-electron chi connectivity index (χ0n) is 9.57. The van der Waals surface area contributed by atoms with Crippen molar-refractivity contribution in [2.45, 2.75) is 11.1 Å². The predicted octanol–water partition coefficient (Wildman–Crippen LogP) is 1.05. The summed E-state index contributed by atoms with van der Waals surface area (Å²) in [5, 5.41) is -0.283. The minimum atomic E-state index is -4.93. The maximum absolute atomic E-state index is 12.7. The number of benzene rings is 1. The highest BCUT2D eigenvalue weighted by Gasteiger charge is 2.37. The Labute approximate surface area is 116 Å². The van der Waals surface area contributed by atoms with Crippen molar-refractivity contribution in [3.63, 3.8) is 0 Å². The molecule has 112 valence electrons. The Bertz CT molecular complexity index is 618. The lowest BCUT2D eigenvalue weighted by atomic mass is 10.2. The minimum absolute atomic E-state index is 0.283. The molecule has 3 N–H and O–H groups in total. The lowest BCUT2D eigenvalue weighted by Gasteiger charge is -2.13. The number of rotatable bonds is 5. The standard InChI is InChI=1S/C9H8ClF3N2O4S/c10-5-1-2-7(6(3-5)9(11,12)13)20(17,18)15-19-4-8(14)16/h1-3,15H,4H2,(H2,14,16). The fraction of sp³-hybridized carbons (Fsp3) is 0.222. The number of primary amides is 1. The van der Waals surface area contributed by atoms with Crippen molar-refractivity contribution >= 4 is 27.5 Å². The van der Waals surface area contributed by atoms with Gasteiger partial charge in [0.05, 0.1) is 10.5 Å². The molecule has 0 aliphatic carbocycles. The molecule has 1 amide bonds. The largest absolute Gasteiger partial charge is 0.417 e. The fourth-order valence-corrected chi connectivity index (χ4v) is 2.37. The van der Waals surface area contributed by atoms with E-state index in [-0.39, 0.29) is 5.02 Å². The monoisotopic (exact) mass is 332 g/mol. The van der Waals surface area contributed by atoms with Gasteiger partial charge < -0.3 is 5.73 Å². The SMILES string of the molecule is NC(=O)CONS(=O)(=O)c1ccc(Cl)cc1C(F)(F)F. The molecule has 1 aromatic rings. The smallest absolute Gasteiger partial charge is 0.368 e. The molecule has 0 saturated heterocycles. The zero-order valence-corrected chi connectivity index (χ0v) is 11.1. The molecule has 0 atom stereocenters. The van der Waals surface area contributed by atoms with Crippen LogP contribution in [0, 0.1) is 0 Å². The van der Waals surface area contributed by atoms with Crippen LogP contribution in [0.1, 0.15) is 5.56 Å².